The van der Waals surface area contributed by atoms with Gasteiger partial charge in [-0.15, -0.1) is 22.9 Å². The Morgan fingerprint density at radius 2 is 1.87 bits per heavy atom. The van der Waals surface area contributed by atoms with Gasteiger partial charge in [-0.25, -0.2) is 22.5 Å². The number of rotatable bonds is 13. The number of alkyl halides is 1. The van der Waals surface area contributed by atoms with Gasteiger partial charge in [-0.1, -0.05) is 5.16 Å². The number of nitrogens with zero attached hydrogens (tertiary/aromatic N) is 4. The maximum Gasteiger partial charge on any atom is 1.00 e. The Hall–Kier alpha value is -3.73. The zero-order valence-corrected chi connectivity index (χ0v) is 27.8. The van der Waals surface area contributed by atoms with Crippen LogP contribution < -0.4 is 45.9 Å². The number of hydrogen-bond donors (Lipinski definition) is 3. The summed E-state index contributed by atoms with van der Waals surface area (Å²) in [6.45, 7) is 2.12. The van der Waals surface area contributed by atoms with Crippen molar-refractivity contribution in [3.05, 3.63) is 51.0 Å². The van der Waals surface area contributed by atoms with E-state index in [0.717, 1.165) is 11.3 Å². The van der Waals surface area contributed by atoms with E-state index >= 15 is 0 Å². The number of carbonyl (C=O) groups is 5. The van der Waals surface area contributed by atoms with E-state index in [1.807, 2.05) is 5.32 Å². The molecule has 0 aliphatic carbocycles. The molecule has 1 aromatic carbocycles. The summed E-state index contributed by atoms with van der Waals surface area (Å²) in [4.78, 5) is 81.1. The zero-order valence-electron chi connectivity index (χ0n) is 23.4. The van der Waals surface area contributed by atoms with E-state index in [4.69, 9.17) is 26.9 Å². The number of nitrogens with one attached hydrogen (secondary N) is 2. The van der Waals surface area contributed by atoms with Crippen LogP contribution in [0.1, 0.15) is 25.1 Å². The molecule has 23 heteroatoms. The first-order valence-corrected chi connectivity index (χ1v) is 14.6. The van der Waals surface area contributed by atoms with E-state index in [9.17, 15) is 47.1 Å². The molecule has 1 saturated heterocycles. The fraction of sp³-hybridized carbons (Fsp3) is 0.318. The van der Waals surface area contributed by atoms with Gasteiger partial charge in [0.1, 0.15) is 24.2 Å². The molecule has 2 aromatic rings. The number of benzene rings is 1. The van der Waals surface area contributed by atoms with Crippen molar-refractivity contribution in [2.45, 2.75) is 38.1 Å². The van der Waals surface area contributed by atoms with Crippen molar-refractivity contribution in [2.75, 3.05) is 11.2 Å². The van der Waals surface area contributed by atoms with Crippen molar-refractivity contribution < 1.29 is 81.0 Å². The molecular formula is C22H21ClN7NaO12S2. The Bertz CT molecular complexity index is 1650. The van der Waals surface area contributed by atoms with Crippen LogP contribution in [-0.4, -0.2) is 86.1 Å². The molecule has 4 amide bonds. The quantitative estimate of drug-likeness (QED) is 0.0264. The van der Waals surface area contributed by atoms with Crippen LogP contribution in [0, 0.1) is 10.1 Å². The SMILES string of the molecule is CC(C)(ON=C(C(=O)N[C@H]1C(=O)N(S(=O)(=O)[O-])[C@H]1C(N)=O)c1csc(NC(=O)CCl)n1)C(=O)OCc1ccc([N+](=O)[O-])cc1.[Na+]. The maximum absolute atomic E-state index is 13.2. The molecule has 3 rings (SSSR count). The smallest absolute Gasteiger partial charge is 0.731 e. The van der Waals surface area contributed by atoms with Gasteiger partial charge in [0.05, 0.1) is 4.92 Å². The minimum Gasteiger partial charge on any atom is -0.731 e. The summed E-state index contributed by atoms with van der Waals surface area (Å²) in [5.74, 6) is -6.22. The first-order valence-electron chi connectivity index (χ1n) is 11.8. The number of nitro groups is 1. The molecule has 2 atom stereocenters. The molecule has 0 spiro atoms. The number of thiazole rings is 1. The molecule has 1 aromatic heterocycles. The van der Waals surface area contributed by atoms with Crippen molar-refractivity contribution >= 4 is 79.4 Å². The predicted molar refractivity (Wildman–Crippen MR) is 148 cm³/mol. The molecule has 19 nitrogen and oxygen atoms in total. The second-order valence-electron chi connectivity index (χ2n) is 9.15. The van der Waals surface area contributed by atoms with Gasteiger partial charge in [-0.3, -0.25) is 29.3 Å². The minimum atomic E-state index is -5.45. The first-order chi connectivity index (χ1) is 20.5. The zero-order chi connectivity index (χ0) is 33.0. The topological polar surface area (TPSA) is 283 Å². The minimum absolute atomic E-state index is 0. The summed E-state index contributed by atoms with van der Waals surface area (Å²) in [6, 6.07) is 1.21. The third kappa shape index (κ3) is 9.15. The number of oxime groups is 1. The molecule has 1 aliphatic rings. The fourth-order valence-electron chi connectivity index (χ4n) is 3.37. The molecule has 4 N–H and O–H groups in total. The largest absolute Gasteiger partial charge is 1.00 e. The van der Waals surface area contributed by atoms with Gasteiger partial charge in [0, 0.05) is 17.5 Å². The molecule has 1 fully saturated rings. The van der Waals surface area contributed by atoms with Crippen LogP contribution in [0.3, 0.4) is 0 Å². The number of primary amides is 1. The first kappa shape index (κ1) is 37.5. The number of β-lactam (4-membered cyclic amide) rings is 1. The van der Waals surface area contributed by atoms with Crippen molar-refractivity contribution in [1.82, 2.24) is 14.6 Å². The fourth-order valence-corrected chi connectivity index (χ4v) is 4.99. The Labute approximate surface area is 284 Å². The van der Waals surface area contributed by atoms with Crippen LogP contribution in [-0.2, 0) is 50.5 Å². The number of non-ortho nitro benzene ring substituents is 1. The normalized spacial score (nSPS) is 16.5. The van der Waals surface area contributed by atoms with Crippen LogP contribution in [0.4, 0.5) is 10.8 Å². The molecule has 2 heterocycles. The predicted octanol–water partition coefficient (Wildman–Crippen LogP) is -3.88. The summed E-state index contributed by atoms with van der Waals surface area (Å²) in [5.41, 5.74) is 2.47. The van der Waals surface area contributed by atoms with Gasteiger partial charge in [0.2, 0.25) is 17.4 Å². The van der Waals surface area contributed by atoms with Gasteiger partial charge < -0.3 is 30.5 Å². The van der Waals surface area contributed by atoms with Gasteiger partial charge in [-0.2, -0.15) is 0 Å². The molecule has 0 saturated carbocycles. The second-order valence-corrected chi connectivity index (χ2v) is 11.5. The van der Waals surface area contributed by atoms with Gasteiger partial charge in [0.15, 0.2) is 27.2 Å². The van der Waals surface area contributed by atoms with Crippen LogP contribution >= 0.6 is 22.9 Å². The summed E-state index contributed by atoms with van der Waals surface area (Å²) < 4.78 is 38.9. The Balaban J connectivity index is 0.00000705. The Morgan fingerprint density at radius 1 is 1.24 bits per heavy atom. The summed E-state index contributed by atoms with van der Waals surface area (Å²) >= 11 is 6.27. The van der Waals surface area contributed by atoms with E-state index in [1.54, 1.807) is 0 Å². The van der Waals surface area contributed by atoms with Crippen LogP contribution in [0.15, 0.2) is 34.8 Å². The summed E-state index contributed by atoms with van der Waals surface area (Å²) in [6.07, 6.45) is 0. The number of esters is 1. The monoisotopic (exact) mass is 697 g/mol. The number of halogens is 1. The number of nitro benzene ring substituents is 1. The van der Waals surface area contributed by atoms with E-state index in [0.29, 0.717) is 5.56 Å². The molecule has 0 bridgehead atoms. The van der Waals surface area contributed by atoms with E-state index in [2.05, 4.69) is 15.5 Å². The number of amides is 4. The number of carbonyl (C=O) groups excluding carboxylic acids is 5. The molecular weight excluding hydrogens is 677 g/mol. The van der Waals surface area contributed by atoms with Gasteiger partial charge >= 0.3 is 35.5 Å². The Morgan fingerprint density at radius 3 is 2.40 bits per heavy atom. The Kier molecular flexibility index (Phi) is 12.5. The maximum atomic E-state index is 13.2. The summed E-state index contributed by atoms with van der Waals surface area (Å²) in [7, 11) is -5.45. The molecule has 236 valence electrons. The number of anilines is 1. The van der Waals surface area contributed by atoms with Crippen LogP contribution in [0.5, 0.6) is 0 Å². The third-order valence-electron chi connectivity index (χ3n) is 5.57. The molecule has 45 heavy (non-hydrogen) atoms. The van der Waals surface area contributed by atoms with E-state index in [1.165, 1.54) is 43.5 Å². The van der Waals surface area contributed by atoms with Crippen molar-refractivity contribution in [2.24, 2.45) is 10.9 Å². The van der Waals surface area contributed by atoms with Crippen LogP contribution in [0.25, 0.3) is 0 Å². The van der Waals surface area contributed by atoms with Gasteiger partial charge in [-0.05, 0) is 31.5 Å². The summed E-state index contributed by atoms with van der Waals surface area (Å²) in [5, 5.41) is 20.0. The van der Waals surface area contributed by atoms with Crippen molar-refractivity contribution in [3.63, 3.8) is 0 Å². The molecule has 0 unspecified atom stereocenters. The standard InChI is InChI=1S/C22H22ClN7O12S2.Na/c1-22(2,20(35)41-8-10-3-5-11(6-4-10)30(36)37)42-28-14(12-9-43-21(25-12)26-13(31)7-23)18(33)27-15-16(17(24)32)29(19(15)34)44(38,39)40;/h3-6,9,15-16H,7-8H2,1-2H3,(H2,24,32)(H,27,33)(H,25,26,31)(H,38,39,40);/q;+1/p-1/t15-,16-;/m1./s1. The van der Waals surface area contributed by atoms with Gasteiger partial charge in [0.25, 0.3) is 17.5 Å². The molecule has 1 aliphatic heterocycles. The molecule has 0 radical (unpaired) electrons. The number of nitrogens with two attached hydrogens (primary N) is 1. The third-order valence-corrected chi connectivity index (χ3v) is 7.46. The average molecular weight is 698 g/mol. The second kappa shape index (κ2) is 15.0. The van der Waals surface area contributed by atoms with Crippen molar-refractivity contribution in [1.29, 1.82) is 0 Å². The van der Waals surface area contributed by atoms with Crippen LogP contribution in [0.2, 0.25) is 0 Å². The number of aromatic nitrogens is 1. The van der Waals surface area contributed by atoms with E-state index in [-0.39, 0.29) is 57.0 Å². The average Bonchev–Trinajstić information content (AvgIpc) is 3.39. The van der Waals surface area contributed by atoms with E-state index < -0.39 is 74.1 Å². The van der Waals surface area contributed by atoms with Crippen molar-refractivity contribution in [3.8, 4) is 0 Å². The number of ether oxygens (including phenoxy) is 1. The number of hydrogen-bond acceptors (Lipinski definition) is 15.